The van der Waals surface area contributed by atoms with Crippen LogP contribution >= 0.6 is 0 Å². The zero-order chi connectivity index (χ0) is 12.8. The second kappa shape index (κ2) is 5.75. The van der Waals surface area contributed by atoms with Crippen LogP contribution in [0.15, 0.2) is 18.2 Å². The lowest BCUT2D eigenvalue weighted by atomic mass is 10.2. The molecule has 17 heavy (non-hydrogen) atoms. The quantitative estimate of drug-likeness (QED) is 0.633. The Hall–Kier alpha value is -2.22. The molecular formula is C12H14N2O3. The molecule has 2 N–H and O–H groups in total. The Bertz CT molecular complexity index is 450. The van der Waals surface area contributed by atoms with Crippen molar-refractivity contribution in [1.29, 1.82) is 5.26 Å². The zero-order valence-electron chi connectivity index (χ0n) is 9.77. The molecule has 0 radical (unpaired) electrons. The van der Waals surface area contributed by atoms with E-state index in [1.807, 2.05) is 6.07 Å². The molecule has 0 aromatic heterocycles. The Kier molecular flexibility index (Phi) is 4.35. The lowest BCUT2D eigenvalue weighted by Crippen LogP contribution is -2.12. The van der Waals surface area contributed by atoms with Gasteiger partial charge in [0, 0.05) is 0 Å². The summed E-state index contributed by atoms with van der Waals surface area (Å²) in [6, 6.07) is 6.40. The van der Waals surface area contributed by atoms with Crippen molar-refractivity contribution in [3.8, 4) is 11.8 Å². The largest absolute Gasteiger partial charge is 0.477 e. The van der Waals surface area contributed by atoms with Gasteiger partial charge in [0.15, 0.2) is 6.61 Å². The van der Waals surface area contributed by atoms with Crippen molar-refractivity contribution < 1.29 is 14.3 Å². The van der Waals surface area contributed by atoms with Gasteiger partial charge in [-0.25, -0.2) is 4.79 Å². The first-order valence-electron chi connectivity index (χ1n) is 5.15. The van der Waals surface area contributed by atoms with E-state index in [4.69, 9.17) is 20.5 Å². The Morgan fingerprint density at radius 2 is 2.24 bits per heavy atom. The summed E-state index contributed by atoms with van der Waals surface area (Å²) in [6.07, 6.45) is -0.182. The highest BCUT2D eigenvalue weighted by Gasteiger charge is 2.11. The van der Waals surface area contributed by atoms with Gasteiger partial charge in [-0.05, 0) is 32.0 Å². The summed E-state index contributed by atoms with van der Waals surface area (Å²) in [7, 11) is 0. The van der Waals surface area contributed by atoms with Crippen molar-refractivity contribution in [2.75, 3.05) is 12.3 Å². The number of nitrogen functional groups attached to an aromatic ring is 1. The molecule has 0 saturated carbocycles. The van der Waals surface area contributed by atoms with E-state index in [1.165, 1.54) is 6.07 Å². The minimum Gasteiger partial charge on any atom is -0.477 e. The highest BCUT2D eigenvalue weighted by molar-refractivity contribution is 5.91. The summed E-state index contributed by atoms with van der Waals surface area (Å²) in [4.78, 5) is 11.6. The zero-order valence-corrected chi connectivity index (χ0v) is 9.77. The second-order valence-corrected chi connectivity index (χ2v) is 3.65. The van der Waals surface area contributed by atoms with Gasteiger partial charge < -0.3 is 15.2 Å². The molecule has 5 nitrogen and oxygen atoms in total. The van der Waals surface area contributed by atoms with Gasteiger partial charge in [-0.1, -0.05) is 0 Å². The molecule has 0 saturated heterocycles. The molecule has 0 heterocycles. The van der Waals surface area contributed by atoms with Crippen molar-refractivity contribution in [1.82, 2.24) is 0 Å². The van der Waals surface area contributed by atoms with Crippen molar-refractivity contribution in [2.45, 2.75) is 20.0 Å². The molecule has 0 fully saturated rings. The minimum atomic E-state index is -0.432. The van der Waals surface area contributed by atoms with Crippen molar-refractivity contribution in [2.24, 2.45) is 0 Å². The van der Waals surface area contributed by atoms with Crippen LogP contribution in [-0.2, 0) is 4.74 Å². The number of benzene rings is 1. The predicted molar refractivity (Wildman–Crippen MR) is 62.5 cm³/mol. The molecule has 1 aromatic carbocycles. The van der Waals surface area contributed by atoms with Crippen molar-refractivity contribution >= 4 is 11.7 Å². The van der Waals surface area contributed by atoms with E-state index in [1.54, 1.807) is 26.0 Å². The molecule has 1 rings (SSSR count). The standard InChI is InChI=1S/C12H14N2O3/c1-8(2)17-12(15)9-3-4-11(10(14)7-9)16-6-5-13/h3-4,7-8H,6,14H2,1-2H3. The monoisotopic (exact) mass is 234 g/mol. The van der Waals surface area contributed by atoms with Crippen molar-refractivity contribution in [3.05, 3.63) is 23.8 Å². The summed E-state index contributed by atoms with van der Waals surface area (Å²) in [6.45, 7) is 3.46. The smallest absolute Gasteiger partial charge is 0.338 e. The van der Waals surface area contributed by atoms with E-state index < -0.39 is 5.97 Å². The Morgan fingerprint density at radius 3 is 2.76 bits per heavy atom. The molecule has 90 valence electrons. The number of nitrogens with two attached hydrogens (primary N) is 1. The van der Waals surface area contributed by atoms with Gasteiger partial charge in [0.05, 0.1) is 17.4 Å². The Labute approximate surface area is 99.7 Å². The van der Waals surface area contributed by atoms with Gasteiger partial charge in [0.2, 0.25) is 0 Å². The van der Waals surface area contributed by atoms with Crippen LogP contribution in [0, 0.1) is 11.3 Å². The van der Waals surface area contributed by atoms with Crippen LogP contribution in [0.1, 0.15) is 24.2 Å². The minimum absolute atomic E-state index is 0.0833. The first-order chi connectivity index (χ1) is 8.04. The second-order valence-electron chi connectivity index (χ2n) is 3.65. The van der Waals surface area contributed by atoms with Gasteiger partial charge in [-0.3, -0.25) is 0 Å². The molecule has 0 bridgehead atoms. The highest BCUT2D eigenvalue weighted by atomic mass is 16.5. The van der Waals surface area contributed by atoms with Crippen LogP contribution in [0.2, 0.25) is 0 Å². The maximum atomic E-state index is 11.6. The number of hydrogen-bond acceptors (Lipinski definition) is 5. The molecule has 0 amide bonds. The van der Waals surface area contributed by atoms with E-state index in [-0.39, 0.29) is 12.7 Å². The lowest BCUT2D eigenvalue weighted by Gasteiger charge is -2.10. The first kappa shape index (κ1) is 12.8. The summed E-state index contributed by atoms with van der Waals surface area (Å²) in [5.74, 6) is -0.0498. The number of hydrogen-bond donors (Lipinski definition) is 1. The molecule has 0 aliphatic rings. The number of carbonyl (C=O) groups is 1. The third-order valence-electron chi connectivity index (χ3n) is 1.88. The number of esters is 1. The van der Waals surface area contributed by atoms with Gasteiger partial charge in [-0.2, -0.15) is 5.26 Å². The van der Waals surface area contributed by atoms with E-state index in [0.717, 1.165) is 0 Å². The molecule has 5 heteroatoms. The van der Waals surface area contributed by atoms with Crippen LogP contribution < -0.4 is 10.5 Å². The van der Waals surface area contributed by atoms with Crippen LogP contribution in [0.4, 0.5) is 5.69 Å². The summed E-state index contributed by atoms with van der Waals surface area (Å²) in [5.41, 5.74) is 6.35. The predicted octanol–water partition coefficient (Wildman–Crippen LogP) is 1.74. The Morgan fingerprint density at radius 1 is 1.53 bits per heavy atom. The fourth-order valence-corrected chi connectivity index (χ4v) is 1.20. The van der Waals surface area contributed by atoms with Crippen LogP contribution in [0.5, 0.6) is 5.75 Å². The average Bonchev–Trinajstić information content (AvgIpc) is 2.26. The molecule has 1 aromatic rings. The van der Waals surface area contributed by atoms with Gasteiger partial charge in [0.1, 0.15) is 11.8 Å². The SMILES string of the molecule is CC(C)OC(=O)c1ccc(OCC#N)c(N)c1. The van der Waals surface area contributed by atoms with E-state index in [9.17, 15) is 4.79 Å². The number of nitriles is 1. The maximum Gasteiger partial charge on any atom is 0.338 e. The molecule has 0 atom stereocenters. The molecule has 0 spiro atoms. The topological polar surface area (TPSA) is 85.3 Å². The number of anilines is 1. The summed E-state index contributed by atoms with van der Waals surface area (Å²) >= 11 is 0. The third-order valence-corrected chi connectivity index (χ3v) is 1.88. The number of ether oxygens (including phenoxy) is 2. The highest BCUT2D eigenvalue weighted by Crippen LogP contribution is 2.23. The molecular weight excluding hydrogens is 220 g/mol. The number of carbonyl (C=O) groups excluding carboxylic acids is 1. The van der Waals surface area contributed by atoms with Crippen LogP contribution in [0.3, 0.4) is 0 Å². The van der Waals surface area contributed by atoms with Crippen molar-refractivity contribution in [3.63, 3.8) is 0 Å². The first-order valence-corrected chi connectivity index (χ1v) is 5.15. The number of nitrogens with zero attached hydrogens (tertiary/aromatic N) is 1. The normalized spacial score (nSPS) is 9.76. The maximum absolute atomic E-state index is 11.6. The number of rotatable bonds is 4. The van der Waals surface area contributed by atoms with Gasteiger partial charge in [-0.15, -0.1) is 0 Å². The van der Waals surface area contributed by atoms with Crippen LogP contribution in [0.25, 0.3) is 0 Å². The summed E-state index contributed by atoms with van der Waals surface area (Å²) < 4.78 is 10.1. The van der Waals surface area contributed by atoms with Gasteiger partial charge in [0.25, 0.3) is 0 Å². The van der Waals surface area contributed by atoms with E-state index >= 15 is 0 Å². The fourth-order valence-electron chi connectivity index (χ4n) is 1.20. The van der Waals surface area contributed by atoms with E-state index in [0.29, 0.717) is 17.0 Å². The third kappa shape index (κ3) is 3.68. The van der Waals surface area contributed by atoms with Gasteiger partial charge >= 0.3 is 5.97 Å². The fraction of sp³-hybridized carbons (Fsp3) is 0.333. The molecule has 0 aliphatic carbocycles. The average molecular weight is 234 g/mol. The lowest BCUT2D eigenvalue weighted by molar-refractivity contribution is 0.0378. The summed E-state index contributed by atoms with van der Waals surface area (Å²) in [5, 5.41) is 8.37. The van der Waals surface area contributed by atoms with E-state index in [2.05, 4.69) is 0 Å². The molecule has 0 unspecified atom stereocenters. The Balaban J connectivity index is 2.82. The van der Waals surface area contributed by atoms with Crippen LogP contribution in [-0.4, -0.2) is 18.7 Å². The molecule has 0 aliphatic heterocycles.